The van der Waals surface area contributed by atoms with E-state index < -0.39 is 0 Å². The van der Waals surface area contributed by atoms with E-state index in [1.807, 2.05) is 12.5 Å². The van der Waals surface area contributed by atoms with Crippen molar-refractivity contribution in [3.8, 4) is 0 Å². The Morgan fingerprint density at radius 2 is 1.92 bits per heavy atom. The molecule has 3 heterocycles. The van der Waals surface area contributed by atoms with Gasteiger partial charge in [0.25, 0.3) is 5.56 Å². The van der Waals surface area contributed by atoms with E-state index in [0.717, 1.165) is 44.7 Å². The van der Waals surface area contributed by atoms with Crippen molar-refractivity contribution in [3.05, 3.63) is 46.7 Å². The van der Waals surface area contributed by atoms with E-state index in [0.29, 0.717) is 17.9 Å². The maximum absolute atomic E-state index is 12.3. The molecule has 0 unspecified atom stereocenters. The van der Waals surface area contributed by atoms with Gasteiger partial charge in [-0.25, -0.2) is 9.97 Å². The first kappa shape index (κ1) is 17.5. The van der Waals surface area contributed by atoms with E-state index in [-0.39, 0.29) is 5.56 Å². The maximum atomic E-state index is 12.3. The summed E-state index contributed by atoms with van der Waals surface area (Å²) in [5.41, 5.74) is 2.31. The Morgan fingerprint density at radius 3 is 2.58 bits per heavy atom. The molecule has 2 fully saturated rings. The van der Waals surface area contributed by atoms with Crippen LogP contribution < -0.4 is 5.56 Å². The quantitative estimate of drug-likeness (QED) is 0.799. The zero-order chi connectivity index (χ0) is 18.1. The summed E-state index contributed by atoms with van der Waals surface area (Å²) >= 11 is 0. The van der Waals surface area contributed by atoms with Crippen molar-refractivity contribution in [1.82, 2.24) is 24.0 Å². The second-order valence-corrected chi connectivity index (χ2v) is 8.20. The minimum atomic E-state index is 0.0828. The van der Waals surface area contributed by atoms with E-state index in [2.05, 4.69) is 33.3 Å². The molecule has 6 heteroatoms. The van der Waals surface area contributed by atoms with Crippen molar-refractivity contribution in [2.24, 2.45) is 5.92 Å². The highest BCUT2D eigenvalue weighted by atomic mass is 16.1. The summed E-state index contributed by atoms with van der Waals surface area (Å²) in [6.07, 6.45) is 10.6. The number of imidazole rings is 1. The molecule has 1 aliphatic heterocycles. The van der Waals surface area contributed by atoms with Gasteiger partial charge in [0, 0.05) is 31.4 Å². The van der Waals surface area contributed by atoms with Gasteiger partial charge < -0.3 is 4.57 Å². The van der Waals surface area contributed by atoms with Gasteiger partial charge in [0.2, 0.25) is 0 Å². The Labute approximate surface area is 154 Å². The van der Waals surface area contributed by atoms with Gasteiger partial charge in [0.15, 0.2) is 0 Å². The lowest BCUT2D eigenvalue weighted by atomic mass is 9.96. The van der Waals surface area contributed by atoms with Gasteiger partial charge in [0.05, 0.1) is 24.0 Å². The molecule has 0 radical (unpaired) electrons. The van der Waals surface area contributed by atoms with Crippen molar-refractivity contribution < 1.29 is 0 Å². The van der Waals surface area contributed by atoms with Crippen molar-refractivity contribution >= 4 is 0 Å². The molecule has 1 saturated heterocycles. The molecule has 0 spiro atoms. The topological polar surface area (TPSA) is 56.0 Å². The van der Waals surface area contributed by atoms with Gasteiger partial charge in [-0.3, -0.25) is 14.3 Å². The van der Waals surface area contributed by atoms with Crippen LogP contribution in [0.1, 0.15) is 62.9 Å². The third-order valence-electron chi connectivity index (χ3n) is 5.73. The molecule has 26 heavy (non-hydrogen) atoms. The molecular weight excluding hydrogens is 326 g/mol. The molecular formula is C20H29N5O. The normalized spacial score (nSPS) is 19.3. The fraction of sp³-hybridized carbons (Fsp3) is 0.650. The van der Waals surface area contributed by atoms with E-state index >= 15 is 0 Å². The first-order valence-corrected chi connectivity index (χ1v) is 9.89. The van der Waals surface area contributed by atoms with Crippen LogP contribution in [0.2, 0.25) is 0 Å². The zero-order valence-corrected chi connectivity index (χ0v) is 15.8. The van der Waals surface area contributed by atoms with Crippen LogP contribution in [0.4, 0.5) is 0 Å². The average Bonchev–Trinajstić information content (AvgIpc) is 3.37. The minimum Gasteiger partial charge on any atom is -0.330 e. The predicted octanol–water partition coefficient (Wildman–Crippen LogP) is 2.81. The Bertz CT molecular complexity index is 797. The molecule has 0 N–H and O–H groups in total. The van der Waals surface area contributed by atoms with Gasteiger partial charge in [-0.05, 0) is 50.6 Å². The van der Waals surface area contributed by atoms with Crippen LogP contribution in [-0.4, -0.2) is 37.1 Å². The molecule has 6 nitrogen and oxygen atoms in total. The highest BCUT2D eigenvalue weighted by Crippen LogP contribution is 2.36. The Hall–Kier alpha value is -1.95. The Morgan fingerprint density at radius 1 is 1.15 bits per heavy atom. The lowest BCUT2D eigenvalue weighted by Crippen LogP contribution is -2.36. The standard InChI is InChI=1S/C20H29N5O/c1-15(2)19-9-20(26)24(14-22-19)11-16-5-7-23(8-6-16)12-18-10-21-13-25(18)17-3-4-17/h9-10,13-17H,3-8,11-12H2,1-2H3. The van der Waals surface area contributed by atoms with Crippen molar-refractivity contribution in [3.63, 3.8) is 0 Å². The van der Waals surface area contributed by atoms with Gasteiger partial charge in [-0.2, -0.15) is 0 Å². The number of hydrogen-bond donors (Lipinski definition) is 0. The van der Waals surface area contributed by atoms with Gasteiger partial charge >= 0.3 is 0 Å². The van der Waals surface area contributed by atoms with Crippen molar-refractivity contribution in [2.45, 2.75) is 64.6 Å². The monoisotopic (exact) mass is 355 g/mol. The summed E-state index contributed by atoms with van der Waals surface area (Å²) in [6.45, 7) is 8.10. The molecule has 0 amide bonds. The molecule has 1 saturated carbocycles. The van der Waals surface area contributed by atoms with E-state index in [9.17, 15) is 4.79 Å². The summed E-state index contributed by atoms with van der Waals surface area (Å²) in [6, 6.07) is 2.39. The van der Waals surface area contributed by atoms with Crippen molar-refractivity contribution in [2.75, 3.05) is 13.1 Å². The summed E-state index contributed by atoms with van der Waals surface area (Å²) in [5, 5.41) is 0. The minimum absolute atomic E-state index is 0.0828. The van der Waals surface area contributed by atoms with Crippen LogP contribution in [0.3, 0.4) is 0 Å². The highest BCUT2D eigenvalue weighted by Gasteiger charge is 2.27. The molecule has 2 aromatic rings. The predicted molar refractivity (Wildman–Crippen MR) is 101 cm³/mol. The van der Waals surface area contributed by atoms with Crippen LogP contribution in [0.5, 0.6) is 0 Å². The van der Waals surface area contributed by atoms with Gasteiger partial charge in [0.1, 0.15) is 0 Å². The van der Waals surface area contributed by atoms with E-state index in [1.165, 1.54) is 18.5 Å². The van der Waals surface area contributed by atoms with E-state index in [1.54, 1.807) is 17.0 Å². The zero-order valence-electron chi connectivity index (χ0n) is 15.8. The lowest BCUT2D eigenvalue weighted by molar-refractivity contribution is 0.163. The molecule has 2 aliphatic rings. The number of nitrogens with zero attached hydrogens (tertiary/aromatic N) is 5. The molecule has 0 aromatic carbocycles. The SMILES string of the molecule is CC(C)c1cc(=O)n(CC2CCN(Cc3cncn3C3CC3)CC2)cn1. The second kappa shape index (κ2) is 7.35. The number of piperidine rings is 1. The highest BCUT2D eigenvalue weighted by molar-refractivity contribution is 5.05. The largest absolute Gasteiger partial charge is 0.330 e. The van der Waals surface area contributed by atoms with Gasteiger partial charge in [-0.1, -0.05) is 13.8 Å². The van der Waals surface area contributed by atoms with Crippen LogP contribution in [0.15, 0.2) is 29.7 Å². The fourth-order valence-electron chi connectivity index (χ4n) is 3.86. The lowest BCUT2D eigenvalue weighted by Gasteiger charge is -2.32. The fourth-order valence-corrected chi connectivity index (χ4v) is 3.86. The summed E-state index contributed by atoms with van der Waals surface area (Å²) in [5.74, 6) is 0.855. The third kappa shape index (κ3) is 3.90. The molecule has 140 valence electrons. The first-order valence-electron chi connectivity index (χ1n) is 9.89. The third-order valence-corrected chi connectivity index (χ3v) is 5.73. The number of hydrogen-bond acceptors (Lipinski definition) is 4. The molecule has 0 atom stereocenters. The van der Waals surface area contributed by atoms with Crippen LogP contribution in [-0.2, 0) is 13.1 Å². The first-order chi connectivity index (χ1) is 12.6. The Balaban J connectivity index is 1.31. The van der Waals surface area contributed by atoms with Crippen LogP contribution in [0, 0.1) is 5.92 Å². The number of rotatable bonds is 6. The second-order valence-electron chi connectivity index (χ2n) is 8.20. The average molecular weight is 355 g/mol. The summed E-state index contributed by atoms with van der Waals surface area (Å²) < 4.78 is 4.14. The smallest absolute Gasteiger partial charge is 0.253 e. The molecule has 0 bridgehead atoms. The van der Waals surface area contributed by atoms with Crippen LogP contribution >= 0.6 is 0 Å². The van der Waals surface area contributed by atoms with Crippen LogP contribution in [0.25, 0.3) is 0 Å². The summed E-state index contributed by atoms with van der Waals surface area (Å²) in [7, 11) is 0. The van der Waals surface area contributed by atoms with Crippen molar-refractivity contribution in [1.29, 1.82) is 0 Å². The Kier molecular flexibility index (Phi) is 4.94. The molecule has 1 aliphatic carbocycles. The maximum Gasteiger partial charge on any atom is 0.253 e. The van der Waals surface area contributed by atoms with Gasteiger partial charge in [-0.15, -0.1) is 0 Å². The molecule has 4 rings (SSSR count). The number of likely N-dealkylation sites (tertiary alicyclic amines) is 1. The summed E-state index contributed by atoms with van der Waals surface area (Å²) in [4.78, 5) is 23.6. The molecule has 2 aromatic heterocycles. The van der Waals surface area contributed by atoms with E-state index in [4.69, 9.17) is 0 Å². The number of aromatic nitrogens is 4.